The summed E-state index contributed by atoms with van der Waals surface area (Å²) in [5.74, 6) is 0.346. The van der Waals surface area contributed by atoms with E-state index in [1.807, 2.05) is 30.3 Å². The average Bonchev–Trinajstić information content (AvgIpc) is 2.55. The minimum Gasteiger partial charge on any atom is -0.495 e. The van der Waals surface area contributed by atoms with Gasteiger partial charge in [-0.05, 0) is 41.1 Å². The molecule has 0 atom stereocenters. The Labute approximate surface area is 147 Å². The van der Waals surface area contributed by atoms with E-state index in [1.54, 1.807) is 31.4 Å². The summed E-state index contributed by atoms with van der Waals surface area (Å²) in [5, 5.41) is 5.26. The van der Waals surface area contributed by atoms with Crippen LogP contribution in [0.3, 0.4) is 0 Å². The van der Waals surface area contributed by atoms with Crippen molar-refractivity contribution in [2.75, 3.05) is 12.4 Å². The van der Waals surface area contributed by atoms with E-state index in [9.17, 15) is 4.79 Å². The second kappa shape index (κ2) is 6.60. The van der Waals surface area contributed by atoms with Crippen LogP contribution in [0.5, 0.6) is 5.75 Å². The minimum absolute atomic E-state index is 0.214. The van der Waals surface area contributed by atoms with Crippen LogP contribution in [0.2, 0.25) is 5.02 Å². The Balaban J connectivity index is 2.02. The molecule has 23 heavy (non-hydrogen) atoms. The zero-order valence-corrected chi connectivity index (χ0v) is 14.6. The molecule has 1 N–H and O–H groups in total. The van der Waals surface area contributed by atoms with E-state index < -0.39 is 0 Å². The number of rotatable bonds is 3. The molecular formula is C18H13BrClNO2. The second-order valence-electron chi connectivity index (χ2n) is 4.94. The van der Waals surface area contributed by atoms with Crippen molar-refractivity contribution in [3.63, 3.8) is 0 Å². The van der Waals surface area contributed by atoms with Gasteiger partial charge in [0.2, 0.25) is 0 Å². The van der Waals surface area contributed by atoms with Crippen LogP contribution in [0.1, 0.15) is 10.4 Å². The molecule has 3 aromatic carbocycles. The summed E-state index contributed by atoms with van der Waals surface area (Å²) in [4.78, 5) is 12.7. The van der Waals surface area contributed by atoms with Gasteiger partial charge in [-0.3, -0.25) is 4.79 Å². The van der Waals surface area contributed by atoms with Crippen LogP contribution in [0.4, 0.5) is 5.69 Å². The Morgan fingerprint density at radius 1 is 1.09 bits per heavy atom. The van der Waals surface area contributed by atoms with Crippen molar-refractivity contribution in [3.05, 3.63) is 69.7 Å². The molecule has 0 spiro atoms. The summed E-state index contributed by atoms with van der Waals surface area (Å²) in [6.07, 6.45) is 0. The first-order chi connectivity index (χ1) is 11.1. The van der Waals surface area contributed by atoms with E-state index in [2.05, 4.69) is 21.2 Å². The molecule has 0 radical (unpaired) electrons. The van der Waals surface area contributed by atoms with Crippen LogP contribution in [0, 0.1) is 0 Å². The van der Waals surface area contributed by atoms with Crippen molar-refractivity contribution in [1.82, 2.24) is 0 Å². The molecule has 0 bridgehead atoms. The number of fused-ring (bicyclic) bond motifs is 1. The Hall–Kier alpha value is -2.04. The molecule has 1 amide bonds. The Kier molecular flexibility index (Phi) is 4.55. The summed E-state index contributed by atoms with van der Waals surface area (Å²) in [5.41, 5.74) is 1.13. The fourth-order valence-electron chi connectivity index (χ4n) is 2.44. The van der Waals surface area contributed by atoms with Gasteiger partial charge in [0, 0.05) is 15.1 Å². The molecule has 0 aliphatic heterocycles. The average molecular weight is 391 g/mol. The van der Waals surface area contributed by atoms with E-state index in [0.29, 0.717) is 22.0 Å². The molecule has 5 heteroatoms. The van der Waals surface area contributed by atoms with Gasteiger partial charge in [-0.2, -0.15) is 0 Å². The maximum atomic E-state index is 12.7. The maximum absolute atomic E-state index is 12.7. The summed E-state index contributed by atoms with van der Waals surface area (Å²) in [6.45, 7) is 0. The fourth-order valence-corrected chi connectivity index (χ4v) is 3.11. The Morgan fingerprint density at radius 3 is 2.61 bits per heavy atom. The molecule has 3 nitrogen and oxygen atoms in total. The summed E-state index contributed by atoms with van der Waals surface area (Å²) in [7, 11) is 1.55. The molecule has 0 saturated carbocycles. The number of carbonyl (C=O) groups excluding carboxylic acids is 1. The molecule has 0 saturated heterocycles. The van der Waals surface area contributed by atoms with Gasteiger partial charge in [0.15, 0.2) is 0 Å². The fraction of sp³-hybridized carbons (Fsp3) is 0.0556. The number of amides is 1. The quantitative estimate of drug-likeness (QED) is 0.640. The van der Waals surface area contributed by atoms with Crippen LogP contribution in [-0.4, -0.2) is 13.0 Å². The van der Waals surface area contributed by atoms with E-state index in [4.69, 9.17) is 16.3 Å². The zero-order valence-electron chi connectivity index (χ0n) is 12.3. The van der Waals surface area contributed by atoms with Crippen molar-refractivity contribution in [2.24, 2.45) is 0 Å². The summed E-state index contributed by atoms with van der Waals surface area (Å²) in [6, 6.07) is 16.5. The molecule has 3 rings (SSSR count). The molecule has 0 aliphatic carbocycles. The third-order valence-electron chi connectivity index (χ3n) is 3.52. The largest absolute Gasteiger partial charge is 0.495 e. The third kappa shape index (κ3) is 3.19. The molecule has 0 unspecified atom stereocenters. The van der Waals surface area contributed by atoms with E-state index in [0.717, 1.165) is 15.2 Å². The maximum Gasteiger partial charge on any atom is 0.256 e. The van der Waals surface area contributed by atoms with E-state index in [1.165, 1.54) is 0 Å². The molecular weight excluding hydrogens is 378 g/mol. The smallest absolute Gasteiger partial charge is 0.256 e. The lowest BCUT2D eigenvalue weighted by Crippen LogP contribution is -2.13. The standard InChI is InChI=1S/C18H13BrClNO2/c1-23-17-9-8-11(20)10-16(17)21-18(22)14-6-2-5-13-12(14)4-3-7-15(13)19/h2-10H,1H3,(H,21,22). The predicted molar refractivity (Wildman–Crippen MR) is 97.6 cm³/mol. The Bertz CT molecular complexity index is 895. The highest BCUT2D eigenvalue weighted by Crippen LogP contribution is 2.30. The number of hydrogen-bond acceptors (Lipinski definition) is 2. The molecule has 3 aromatic rings. The van der Waals surface area contributed by atoms with Crippen LogP contribution in [0.15, 0.2) is 59.1 Å². The van der Waals surface area contributed by atoms with Crippen molar-refractivity contribution in [2.45, 2.75) is 0 Å². The first kappa shape index (κ1) is 15.8. The first-order valence-electron chi connectivity index (χ1n) is 6.92. The number of benzene rings is 3. The molecule has 116 valence electrons. The van der Waals surface area contributed by atoms with E-state index >= 15 is 0 Å². The molecule has 0 fully saturated rings. The number of methoxy groups -OCH3 is 1. The molecule has 0 heterocycles. The second-order valence-corrected chi connectivity index (χ2v) is 6.23. The minimum atomic E-state index is -0.214. The number of anilines is 1. The van der Waals surface area contributed by atoms with Gasteiger partial charge < -0.3 is 10.1 Å². The highest BCUT2D eigenvalue weighted by Gasteiger charge is 2.13. The normalized spacial score (nSPS) is 10.6. The number of nitrogens with one attached hydrogen (secondary N) is 1. The van der Waals surface area contributed by atoms with Gasteiger partial charge in [-0.1, -0.05) is 51.8 Å². The van der Waals surface area contributed by atoms with Crippen LogP contribution in [-0.2, 0) is 0 Å². The van der Waals surface area contributed by atoms with Gasteiger partial charge in [-0.15, -0.1) is 0 Å². The van der Waals surface area contributed by atoms with Gasteiger partial charge in [0.05, 0.1) is 12.8 Å². The molecule has 0 aliphatic rings. The number of carbonyl (C=O) groups is 1. The summed E-state index contributed by atoms with van der Waals surface area (Å²) >= 11 is 9.52. The Morgan fingerprint density at radius 2 is 1.83 bits per heavy atom. The SMILES string of the molecule is COc1ccc(Cl)cc1NC(=O)c1cccc2c(Br)cccc12. The van der Waals surface area contributed by atoms with Gasteiger partial charge >= 0.3 is 0 Å². The number of hydrogen-bond donors (Lipinski definition) is 1. The van der Waals surface area contributed by atoms with Crippen molar-refractivity contribution in [3.8, 4) is 5.75 Å². The lowest BCUT2D eigenvalue weighted by molar-refractivity contribution is 0.102. The van der Waals surface area contributed by atoms with E-state index in [-0.39, 0.29) is 5.91 Å². The summed E-state index contributed by atoms with van der Waals surface area (Å²) < 4.78 is 6.21. The van der Waals surface area contributed by atoms with Crippen LogP contribution >= 0.6 is 27.5 Å². The predicted octanol–water partition coefficient (Wildman–Crippen LogP) is 5.52. The van der Waals surface area contributed by atoms with Crippen molar-refractivity contribution in [1.29, 1.82) is 0 Å². The lowest BCUT2D eigenvalue weighted by atomic mass is 10.0. The van der Waals surface area contributed by atoms with Gasteiger partial charge in [-0.25, -0.2) is 0 Å². The van der Waals surface area contributed by atoms with Crippen molar-refractivity contribution >= 4 is 49.9 Å². The lowest BCUT2D eigenvalue weighted by Gasteiger charge is -2.12. The monoisotopic (exact) mass is 389 g/mol. The third-order valence-corrected chi connectivity index (χ3v) is 4.45. The van der Waals surface area contributed by atoms with Crippen LogP contribution in [0.25, 0.3) is 10.8 Å². The highest BCUT2D eigenvalue weighted by molar-refractivity contribution is 9.10. The topological polar surface area (TPSA) is 38.3 Å². The number of ether oxygens (including phenoxy) is 1. The van der Waals surface area contributed by atoms with Gasteiger partial charge in [0.1, 0.15) is 5.75 Å². The highest BCUT2D eigenvalue weighted by atomic mass is 79.9. The van der Waals surface area contributed by atoms with Crippen LogP contribution < -0.4 is 10.1 Å². The molecule has 0 aromatic heterocycles. The zero-order chi connectivity index (χ0) is 16.4. The first-order valence-corrected chi connectivity index (χ1v) is 8.09. The van der Waals surface area contributed by atoms with Crippen molar-refractivity contribution < 1.29 is 9.53 Å². The number of halogens is 2. The van der Waals surface area contributed by atoms with Gasteiger partial charge in [0.25, 0.3) is 5.91 Å².